The molecule has 0 atom stereocenters. The van der Waals surface area contributed by atoms with Gasteiger partial charge in [0.25, 0.3) is 0 Å². The number of imidazole rings is 1. The average Bonchev–Trinajstić information content (AvgIpc) is 2.94. The van der Waals surface area contributed by atoms with Gasteiger partial charge in [-0.3, -0.25) is 9.78 Å². The second-order valence-corrected chi connectivity index (χ2v) is 5.52. The van der Waals surface area contributed by atoms with Crippen molar-refractivity contribution in [2.45, 2.75) is 27.2 Å². The van der Waals surface area contributed by atoms with E-state index in [1.165, 1.54) is 0 Å². The highest BCUT2D eigenvalue weighted by atomic mass is 16.5. The van der Waals surface area contributed by atoms with E-state index in [-0.39, 0.29) is 12.2 Å². The van der Waals surface area contributed by atoms with Crippen LogP contribution in [-0.4, -0.2) is 27.3 Å². The summed E-state index contributed by atoms with van der Waals surface area (Å²) in [5.74, 6) is 1.06. The summed E-state index contributed by atoms with van der Waals surface area (Å²) in [7, 11) is 0. The van der Waals surface area contributed by atoms with E-state index in [0.29, 0.717) is 12.4 Å². The van der Waals surface area contributed by atoms with Gasteiger partial charge in [-0.15, -0.1) is 0 Å². The maximum Gasteiger partial charge on any atom is 0.204 e. The molecule has 0 aliphatic rings. The number of carbonyl (C=O) groups is 1. The van der Waals surface area contributed by atoms with Gasteiger partial charge in [-0.1, -0.05) is 6.07 Å². The number of ether oxygens (including phenoxy) is 1. The number of fused-ring (bicyclic) bond motifs is 1. The van der Waals surface area contributed by atoms with Crippen LogP contribution in [-0.2, 0) is 6.42 Å². The van der Waals surface area contributed by atoms with Crippen LogP contribution in [0.25, 0.3) is 11.0 Å². The Morgan fingerprint density at radius 3 is 2.87 bits per heavy atom. The lowest BCUT2D eigenvalue weighted by atomic mass is 10.1. The third kappa shape index (κ3) is 3.08. The van der Waals surface area contributed by atoms with Crippen LogP contribution >= 0.6 is 0 Å². The number of benzene rings is 1. The summed E-state index contributed by atoms with van der Waals surface area (Å²) in [6.45, 7) is 6.44. The smallest absolute Gasteiger partial charge is 0.204 e. The lowest BCUT2D eigenvalue weighted by Gasteiger charge is -2.09. The minimum atomic E-state index is -0.0805. The first-order chi connectivity index (χ1) is 11.1. The number of aromatic amines is 1. The lowest BCUT2D eigenvalue weighted by Crippen LogP contribution is -2.09. The Balaban J connectivity index is 1.87. The molecule has 0 saturated carbocycles. The van der Waals surface area contributed by atoms with Crippen molar-refractivity contribution in [1.82, 2.24) is 15.0 Å². The van der Waals surface area contributed by atoms with E-state index in [1.807, 2.05) is 45.0 Å². The first-order valence-corrected chi connectivity index (χ1v) is 7.65. The van der Waals surface area contributed by atoms with Crippen LogP contribution in [0.2, 0.25) is 0 Å². The largest absolute Gasteiger partial charge is 0.493 e. The molecule has 1 N–H and O–H groups in total. The molecular formula is C18H19N3O2. The fourth-order valence-electron chi connectivity index (χ4n) is 2.54. The van der Waals surface area contributed by atoms with E-state index in [0.717, 1.165) is 33.6 Å². The van der Waals surface area contributed by atoms with Crippen molar-refractivity contribution in [2.24, 2.45) is 0 Å². The first kappa shape index (κ1) is 15.2. The maximum absolute atomic E-state index is 12.5. The van der Waals surface area contributed by atoms with Crippen molar-refractivity contribution in [3.63, 3.8) is 0 Å². The molecule has 0 unspecified atom stereocenters. The summed E-state index contributed by atoms with van der Waals surface area (Å²) in [6, 6.07) is 7.70. The molecule has 118 valence electrons. The normalized spacial score (nSPS) is 10.9. The Hall–Kier alpha value is -2.69. The van der Waals surface area contributed by atoms with Crippen molar-refractivity contribution in [1.29, 1.82) is 0 Å². The number of carbonyl (C=O) groups excluding carboxylic acids is 1. The zero-order chi connectivity index (χ0) is 16.4. The van der Waals surface area contributed by atoms with Crippen LogP contribution in [0.4, 0.5) is 0 Å². The SMILES string of the molecule is CCOc1ccnc(CC(=O)c2nc3ccc(C)cc3[nH]2)c1C. The Morgan fingerprint density at radius 2 is 2.09 bits per heavy atom. The zero-order valence-corrected chi connectivity index (χ0v) is 13.5. The number of ketones is 1. The van der Waals surface area contributed by atoms with Gasteiger partial charge in [0.05, 0.1) is 29.8 Å². The number of nitrogens with zero attached hydrogens (tertiary/aromatic N) is 2. The number of aryl methyl sites for hydroxylation is 1. The van der Waals surface area contributed by atoms with Crippen molar-refractivity contribution in [2.75, 3.05) is 6.61 Å². The van der Waals surface area contributed by atoms with E-state index < -0.39 is 0 Å². The highest BCUT2D eigenvalue weighted by molar-refractivity contribution is 5.97. The molecule has 0 aliphatic heterocycles. The summed E-state index contributed by atoms with van der Waals surface area (Å²) in [5.41, 5.74) is 4.42. The first-order valence-electron chi connectivity index (χ1n) is 7.65. The molecular weight excluding hydrogens is 290 g/mol. The number of Topliss-reactive ketones (excluding diaryl/α,β-unsaturated/α-hetero) is 1. The standard InChI is InChI=1S/C18H19N3O2/c1-4-23-17-7-8-19-14(12(17)3)10-16(22)18-20-13-6-5-11(2)9-15(13)21-18/h5-9H,4,10H2,1-3H3,(H,20,21). The van der Waals surface area contributed by atoms with Gasteiger partial charge in [-0.2, -0.15) is 0 Å². The molecule has 3 rings (SSSR count). The van der Waals surface area contributed by atoms with Gasteiger partial charge in [-0.05, 0) is 44.5 Å². The summed E-state index contributed by atoms with van der Waals surface area (Å²) >= 11 is 0. The molecule has 1 aromatic carbocycles. The Bertz CT molecular complexity index is 868. The molecule has 0 aliphatic carbocycles. The second kappa shape index (κ2) is 6.20. The van der Waals surface area contributed by atoms with Gasteiger partial charge < -0.3 is 9.72 Å². The molecule has 0 fully saturated rings. The molecule has 0 bridgehead atoms. The molecule has 23 heavy (non-hydrogen) atoms. The third-order valence-electron chi connectivity index (χ3n) is 3.79. The molecule has 0 radical (unpaired) electrons. The minimum absolute atomic E-state index is 0.0805. The van der Waals surface area contributed by atoms with E-state index >= 15 is 0 Å². The topological polar surface area (TPSA) is 67.9 Å². The Morgan fingerprint density at radius 1 is 1.26 bits per heavy atom. The molecule has 5 nitrogen and oxygen atoms in total. The van der Waals surface area contributed by atoms with Gasteiger partial charge in [0.1, 0.15) is 5.75 Å². The fourth-order valence-corrected chi connectivity index (χ4v) is 2.54. The van der Waals surface area contributed by atoms with E-state index in [2.05, 4.69) is 15.0 Å². The molecule has 0 amide bonds. The van der Waals surface area contributed by atoms with E-state index in [9.17, 15) is 4.79 Å². The predicted octanol–water partition coefficient (Wildman–Crippen LogP) is 3.40. The molecule has 0 spiro atoms. The highest BCUT2D eigenvalue weighted by Gasteiger charge is 2.16. The monoisotopic (exact) mass is 309 g/mol. The van der Waals surface area contributed by atoms with Crippen LogP contribution in [0.15, 0.2) is 30.5 Å². The zero-order valence-electron chi connectivity index (χ0n) is 13.5. The average molecular weight is 309 g/mol. The van der Waals surface area contributed by atoms with Crippen molar-refractivity contribution >= 4 is 16.8 Å². The highest BCUT2D eigenvalue weighted by Crippen LogP contribution is 2.21. The van der Waals surface area contributed by atoms with E-state index in [1.54, 1.807) is 6.20 Å². The summed E-state index contributed by atoms with van der Waals surface area (Å²) in [5, 5.41) is 0. The van der Waals surface area contributed by atoms with Gasteiger partial charge in [-0.25, -0.2) is 4.98 Å². The minimum Gasteiger partial charge on any atom is -0.493 e. The van der Waals surface area contributed by atoms with E-state index in [4.69, 9.17) is 4.74 Å². The number of nitrogens with one attached hydrogen (secondary N) is 1. The fraction of sp³-hybridized carbons (Fsp3) is 0.278. The molecule has 2 aromatic heterocycles. The lowest BCUT2D eigenvalue weighted by molar-refractivity contribution is 0.0983. The van der Waals surface area contributed by atoms with Crippen molar-refractivity contribution in [3.05, 3.63) is 53.1 Å². The number of H-pyrrole nitrogens is 1. The Labute approximate surface area is 134 Å². The molecule has 2 heterocycles. The number of hydrogen-bond acceptors (Lipinski definition) is 4. The quantitative estimate of drug-likeness (QED) is 0.733. The molecule has 0 saturated heterocycles. The number of pyridine rings is 1. The van der Waals surface area contributed by atoms with Crippen LogP contribution in [0, 0.1) is 13.8 Å². The molecule has 3 aromatic rings. The number of aromatic nitrogens is 3. The molecule has 5 heteroatoms. The predicted molar refractivity (Wildman–Crippen MR) is 89.0 cm³/mol. The second-order valence-electron chi connectivity index (χ2n) is 5.52. The summed E-state index contributed by atoms with van der Waals surface area (Å²) < 4.78 is 5.55. The van der Waals surface area contributed by atoms with Gasteiger partial charge >= 0.3 is 0 Å². The van der Waals surface area contributed by atoms with Crippen LogP contribution < -0.4 is 4.74 Å². The Kier molecular flexibility index (Phi) is 4.10. The van der Waals surface area contributed by atoms with Crippen LogP contribution in [0.3, 0.4) is 0 Å². The van der Waals surface area contributed by atoms with Gasteiger partial charge in [0.2, 0.25) is 5.78 Å². The van der Waals surface area contributed by atoms with Gasteiger partial charge in [0.15, 0.2) is 5.82 Å². The van der Waals surface area contributed by atoms with Crippen molar-refractivity contribution < 1.29 is 9.53 Å². The summed E-state index contributed by atoms with van der Waals surface area (Å²) in [6.07, 6.45) is 1.87. The number of hydrogen-bond donors (Lipinski definition) is 1. The van der Waals surface area contributed by atoms with Gasteiger partial charge in [0, 0.05) is 11.8 Å². The summed E-state index contributed by atoms with van der Waals surface area (Å²) in [4.78, 5) is 24.3. The van der Waals surface area contributed by atoms with Crippen molar-refractivity contribution in [3.8, 4) is 5.75 Å². The maximum atomic E-state index is 12.5. The third-order valence-corrected chi connectivity index (χ3v) is 3.79. The van der Waals surface area contributed by atoms with Crippen LogP contribution in [0.1, 0.15) is 34.4 Å². The number of rotatable bonds is 5. The van der Waals surface area contributed by atoms with Crippen LogP contribution in [0.5, 0.6) is 5.75 Å².